The van der Waals surface area contributed by atoms with E-state index in [1.807, 2.05) is 31.2 Å². The number of thiazole rings is 1. The highest BCUT2D eigenvalue weighted by molar-refractivity contribution is 7.15. The van der Waals surface area contributed by atoms with Gasteiger partial charge >= 0.3 is 5.97 Å². The normalized spacial score (nSPS) is 11.5. The summed E-state index contributed by atoms with van der Waals surface area (Å²) in [5, 5.41) is 12.7. The SMILES string of the molecule is C=C(/C=C(C)\C=C/N)Nc1cccc(-c2cnc(CN(CCC(=O)O)C(C)=O)s2)n1. The van der Waals surface area contributed by atoms with Crippen LogP contribution in [0.1, 0.15) is 25.3 Å². The largest absolute Gasteiger partial charge is 0.481 e. The third-order valence-corrected chi connectivity index (χ3v) is 4.98. The first-order valence-electron chi connectivity index (χ1n) is 9.20. The molecule has 2 aromatic rings. The van der Waals surface area contributed by atoms with Gasteiger partial charge in [-0.1, -0.05) is 12.6 Å². The van der Waals surface area contributed by atoms with Crippen molar-refractivity contribution in [3.63, 3.8) is 0 Å². The van der Waals surface area contributed by atoms with E-state index in [9.17, 15) is 9.59 Å². The van der Waals surface area contributed by atoms with Gasteiger partial charge in [-0.3, -0.25) is 9.59 Å². The lowest BCUT2D eigenvalue weighted by atomic mass is 10.2. The summed E-state index contributed by atoms with van der Waals surface area (Å²) in [5.41, 5.74) is 7.75. The van der Waals surface area contributed by atoms with E-state index in [4.69, 9.17) is 10.8 Å². The highest BCUT2D eigenvalue weighted by Gasteiger charge is 2.14. The Morgan fingerprint density at radius 3 is 2.80 bits per heavy atom. The van der Waals surface area contributed by atoms with Gasteiger partial charge in [-0.2, -0.15) is 0 Å². The monoisotopic (exact) mass is 427 g/mol. The number of carboxylic acids is 1. The topological polar surface area (TPSA) is 121 Å². The van der Waals surface area contributed by atoms with Crippen molar-refractivity contribution < 1.29 is 14.7 Å². The molecular formula is C21H25N5O3S. The quantitative estimate of drug-likeness (QED) is 0.497. The summed E-state index contributed by atoms with van der Waals surface area (Å²) in [6, 6.07) is 5.58. The highest BCUT2D eigenvalue weighted by atomic mass is 32.1. The molecule has 2 aromatic heterocycles. The van der Waals surface area contributed by atoms with Gasteiger partial charge in [-0.15, -0.1) is 11.3 Å². The summed E-state index contributed by atoms with van der Waals surface area (Å²) in [5.74, 6) is -0.496. The number of hydrogen-bond acceptors (Lipinski definition) is 7. The fourth-order valence-electron chi connectivity index (χ4n) is 2.56. The Labute approximate surface area is 179 Å². The number of carbonyl (C=O) groups is 2. The number of aliphatic carboxylic acids is 1. The molecule has 8 nitrogen and oxygen atoms in total. The Hall–Kier alpha value is -3.46. The minimum absolute atomic E-state index is 0.105. The predicted molar refractivity (Wildman–Crippen MR) is 119 cm³/mol. The molecule has 9 heteroatoms. The molecule has 2 rings (SSSR count). The average Bonchev–Trinajstić information content (AvgIpc) is 3.13. The summed E-state index contributed by atoms with van der Waals surface area (Å²) in [6.45, 7) is 7.71. The van der Waals surface area contributed by atoms with Gasteiger partial charge in [-0.25, -0.2) is 9.97 Å². The first-order valence-corrected chi connectivity index (χ1v) is 10.0. The zero-order valence-electron chi connectivity index (χ0n) is 17.0. The third kappa shape index (κ3) is 7.17. The fraction of sp³-hybridized carbons (Fsp3) is 0.238. The molecule has 158 valence electrons. The van der Waals surface area contributed by atoms with Crippen molar-refractivity contribution in [1.82, 2.24) is 14.9 Å². The van der Waals surface area contributed by atoms with E-state index in [1.54, 1.807) is 12.3 Å². The van der Waals surface area contributed by atoms with E-state index in [0.29, 0.717) is 16.5 Å². The number of carbonyl (C=O) groups excluding carboxylic acids is 1. The summed E-state index contributed by atoms with van der Waals surface area (Å²) in [7, 11) is 0. The molecule has 0 fully saturated rings. The van der Waals surface area contributed by atoms with Crippen molar-refractivity contribution in [2.75, 3.05) is 11.9 Å². The van der Waals surface area contributed by atoms with Crippen molar-refractivity contribution in [2.45, 2.75) is 26.8 Å². The molecule has 0 spiro atoms. The number of pyridine rings is 1. The summed E-state index contributed by atoms with van der Waals surface area (Å²) < 4.78 is 0. The highest BCUT2D eigenvalue weighted by Crippen LogP contribution is 2.26. The van der Waals surface area contributed by atoms with Crippen LogP contribution in [0.25, 0.3) is 10.6 Å². The second-order valence-corrected chi connectivity index (χ2v) is 7.62. The number of rotatable bonds is 10. The molecule has 0 aliphatic carbocycles. The first kappa shape index (κ1) is 22.8. The molecule has 4 N–H and O–H groups in total. The second-order valence-electron chi connectivity index (χ2n) is 6.51. The van der Waals surface area contributed by atoms with Crippen molar-refractivity contribution in [3.05, 3.63) is 65.6 Å². The van der Waals surface area contributed by atoms with Crippen LogP contribution in [0, 0.1) is 0 Å². The maximum absolute atomic E-state index is 11.8. The van der Waals surface area contributed by atoms with Crippen molar-refractivity contribution >= 4 is 29.0 Å². The van der Waals surface area contributed by atoms with E-state index in [1.165, 1.54) is 29.4 Å². The molecule has 0 bridgehead atoms. The van der Waals surface area contributed by atoms with Crippen molar-refractivity contribution in [1.29, 1.82) is 0 Å². The van der Waals surface area contributed by atoms with Crippen molar-refractivity contribution in [2.24, 2.45) is 5.73 Å². The number of allylic oxidation sites excluding steroid dienone is 3. The minimum Gasteiger partial charge on any atom is -0.481 e. The van der Waals surface area contributed by atoms with Crippen LogP contribution in [-0.4, -0.2) is 38.4 Å². The molecule has 2 heterocycles. The van der Waals surface area contributed by atoms with Crippen LogP contribution in [-0.2, 0) is 16.1 Å². The minimum atomic E-state index is -0.944. The first-order chi connectivity index (χ1) is 14.3. The molecule has 0 unspecified atom stereocenters. The van der Waals surface area contributed by atoms with Crippen LogP contribution in [0.3, 0.4) is 0 Å². The molecule has 0 saturated carbocycles. The zero-order chi connectivity index (χ0) is 22.1. The molecule has 30 heavy (non-hydrogen) atoms. The summed E-state index contributed by atoms with van der Waals surface area (Å²) in [4.78, 5) is 33.8. The average molecular weight is 428 g/mol. The van der Waals surface area contributed by atoms with E-state index >= 15 is 0 Å². The zero-order valence-corrected chi connectivity index (χ0v) is 17.8. The molecule has 1 amide bonds. The van der Waals surface area contributed by atoms with Gasteiger partial charge < -0.3 is 21.1 Å². The lowest BCUT2D eigenvalue weighted by Gasteiger charge is -2.18. The number of nitrogens with one attached hydrogen (secondary N) is 1. The van der Waals surface area contributed by atoms with Gasteiger partial charge in [0.05, 0.1) is 23.5 Å². The molecule has 0 radical (unpaired) electrons. The number of hydrogen-bond donors (Lipinski definition) is 3. The second kappa shape index (κ2) is 10.9. The number of nitrogens with zero attached hydrogens (tertiary/aromatic N) is 3. The molecule has 0 aliphatic heterocycles. The summed E-state index contributed by atoms with van der Waals surface area (Å²) >= 11 is 1.41. The number of amides is 1. The van der Waals surface area contributed by atoms with Crippen LogP contribution in [0.5, 0.6) is 0 Å². The third-order valence-electron chi connectivity index (χ3n) is 3.97. The molecule has 0 saturated heterocycles. The lowest BCUT2D eigenvalue weighted by molar-refractivity contribution is -0.138. The maximum Gasteiger partial charge on any atom is 0.305 e. The van der Waals surface area contributed by atoms with Gasteiger partial charge in [-0.05, 0) is 43.0 Å². The number of carboxylic acid groups (broad SMARTS) is 1. The molecule has 0 aromatic carbocycles. The van der Waals surface area contributed by atoms with Gasteiger partial charge in [0.25, 0.3) is 0 Å². The fourth-order valence-corrected chi connectivity index (χ4v) is 3.46. The standard InChI is InChI=1S/C21H25N5O3S/c1-14(7-9-22)11-15(2)24-19-6-4-5-17(25-19)18-12-23-20(30-18)13-26(16(3)27)10-8-21(28)29/h4-7,9,11-12H,2,8,10,13,22H2,1,3H3,(H,24,25)(H,28,29)/b9-7-,14-11-. The molecule has 0 atom stereocenters. The van der Waals surface area contributed by atoms with Gasteiger partial charge in [0.15, 0.2) is 0 Å². The Bertz CT molecular complexity index is 981. The Morgan fingerprint density at radius 2 is 2.13 bits per heavy atom. The number of nitrogens with two attached hydrogens (primary N) is 1. The van der Waals surface area contributed by atoms with E-state index < -0.39 is 5.97 Å². The lowest BCUT2D eigenvalue weighted by Crippen LogP contribution is -2.30. The maximum atomic E-state index is 11.8. The van der Waals surface area contributed by atoms with E-state index in [-0.39, 0.29) is 25.4 Å². The predicted octanol–water partition coefficient (Wildman–Crippen LogP) is 3.37. The van der Waals surface area contributed by atoms with Gasteiger partial charge in [0, 0.05) is 25.4 Å². The van der Waals surface area contributed by atoms with Crippen LogP contribution in [0.2, 0.25) is 0 Å². The van der Waals surface area contributed by atoms with Crippen LogP contribution in [0.15, 0.2) is 60.6 Å². The Kier molecular flexibility index (Phi) is 8.30. The molecule has 0 aliphatic rings. The van der Waals surface area contributed by atoms with Gasteiger partial charge in [0.2, 0.25) is 5.91 Å². The van der Waals surface area contributed by atoms with E-state index in [2.05, 4.69) is 21.9 Å². The number of anilines is 1. The van der Waals surface area contributed by atoms with Crippen LogP contribution < -0.4 is 11.1 Å². The Balaban J connectivity index is 2.10. The van der Waals surface area contributed by atoms with Crippen LogP contribution in [0.4, 0.5) is 5.82 Å². The van der Waals surface area contributed by atoms with Crippen LogP contribution >= 0.6 is 11.3 Å². The smallest absolute Gasteiger partial charge is 0.305 e. The van der Waals surface area contributed by atoms with E-state index in [0.717, 1.165) is 16.1 Å². The summed E-state index contributed by atoms with van der Waals surface area (Å²) in [6.07, 6.45) is 6.69. The number of aromatic nitrogens is 2. The Morgan fingerprint density at radius 1 is 1.37 bits per heavy atom. The van der Waals surface area contributed by atoms with Crippen molar-refractivity contribution in [3.8, 4) is 10.6 Å². The van der Waals surface area contributed by atoms with Gasteiger partial charge in [0.1, 0.15) is 10.8 Å². The molecular weight excluding hydrogens is 402 g/mol.